The second kappa shape index (κ2) is 6.41. The molecular formula is C10H16N2O6S. The van der Waals surface area contributed by atoms with E-state index in [2.05, 4.69) is 12.6 Å². The van der Waals surface area contributed by atoms with E-state index in [1.54, 1.807) is 0 Å². The minimum Gasteiger partial charge on any atom is -0.480 e. The second-order valence-corrected chi connectivity index (χ2v) is 4.47. The monoisotopic (exact) mass is 292 g/mol. The van der Waals surface area contributed by atoms with Crippen molar-refractivity contribution in [3.05, 3.63) is 0 Å². The lowest BCUT2D eigenvalue weighted by Crippen LogP contribution is -2.55. The summed E-state index contributed by atoms with van der Waals surface area (Å²) in [5.41, 5.74) is 2.82. The highest BCUT2D eigenvalue weighted by Gasteiger charge is 2.54. The van der Waals surface area contributed by atoms with Crippen molar-refractivity contribution in [1.29, 1.82) is 0 Å². The van der Waals surface area contributed by atoms with Crippen LogP contribution >= 0.6 is 12.6 Å². The highest BCUT2D eigenvalue weighted by molar-refractivity contribution is 7.80. The van der Waals surface area contributed by atoms with Crippen LogP contribution < -0.4 is 5.73 Å². The zero-order valence-corrected chi connectivity index (χ0v) is 11.4. The summed E-state index contributed by atoms with van der Waals surface area (Å²) in [5.74, 6) is -5.22. The van der Waals surface area contributed by atoms with Crippen LogP contribution in [0.5, 0.6) is 0 Å². The summed E-state index contributed by atoms with van der Waals surface area (Å²) in [6.45, 7) is 1.17. The number of amides is 3. The first-order chi connectivity index (χ1) is 8.62. The Kier molecular flexibility index (Phi) is 5.81. The molecule has 9 heteroatoms. The van der Waals surface area contributed by atoms with Crippen LogP contribution in [0.4, 0.5) is 4.79 Å². The number of nitrogens with zero attached hydrogens (tertiary/aromatic N) is 1. The lowest BCUT2D eigenvalue weighted by atomic mass is 9.72. The quantitative estimate of drug-likeness (QED) is 0.389. The van der Waals surface area contributed by atoms with Gasteiger partial charge in [-0.05, 0) is 12.2 Å². The molecule has 0 aliphatic heterocycles. The molecule has 0 rings (SSSR count). The van der Waals surface area contributed by atoms with E-state index in [9.17, 15) is 24.3 Å². The summed E-state index contributed by atoms with van der Waals surface area (Å²) in [4.78, 5) is 45.8. The van der Waals surface area contributed by atoms with Gasteiger partial charge in [0, 0.05) is 7.05 Å². The number of carbonyl (C=O) groups excluding carboxylic acids is 2. The lowest BCUT2D eigenvalue weighted by molar-refractivity contribution is -0.166. The molecule has 0 aromatic rings. The van der Waals surface area contributed by atoms with Gasteiger partial charge in [-0.15, -0.1) is 0 Å². The first kappa shape index (κ1) is 17.2. The van der Waals surface area contributed by atoms with E-state index in [0.29, 0.717) is 0 Å². The molecule has 0 bridgehead atoms. The van der Waals surface area contributed by atoms with Gasteiger partial charge in [0.25, 0.3) is 0 Å². The number of nitrogens with two attached hydrogens (primary N) is 1. The molecule has 108 valence electrons. The van der Waals surface area contributed by atoms with E-state index >= 15 is 0 Å². The van der Waals surface area contributed by atoms with Gasteiger partial charge in [0.05, 0.1) is 5.92 Å². The van der Waals surface area contributed by atoms with E-state index in [1.807, 2.05) is 0 Å². The Morgan fingerprint density at radius 3 is 2.05 bits per heavy atom. The number of primary amides is 1. The number of imide groups is 1. The summed E-state index contributed by atoms with van der Waals surface area (Å²) < 4.78 is 0. The van der Waals surface area contributed by atoms with Crippen LogP contribution in [-0.2, 0) is 14.4 Å². The van der Waals surface area contributed by atoms with Gasteiger partial charge in [0.1, 0.15) is 0 Å². The molecule has 0 aromatic heterocycles. The molecule has 2 unspecified atom stereocenters. The average Bonchev–Trinajstić information content (AvgIpc) is 2.32. The topological polar surface area (TPSA) is 138 Å². The average molecular weight is 292 g/mol. The number of hydrogen-bond donors (Lipinski definition) is 4. The molecule has 0 fully saturated rings. The molecular weight excluding hydrogens is 276 g/mol. The number of thiol groups is 1. The van der Waals surface area contributed by atoms with Gasteiger partial charge in [0.15, 0.2) is 5.41 Å². The van der Waals surface area contributed by atoms with Gasteiger partial charge >= 0.3 is 12.1 Å². The third-order valence-electron chi connectivity index (χ3n) is 3.03. The summed E-state index contributed by atoms with van der Waals surface area (Å²) in [6.07, 6.45) is -1.93. The number of aliphatic carboxylic acids is 1. The summed E-state index contributed by atoms with van der Waals surface area (Å²) >= 11 is 3.85. The number of carboxylic acid groups (broad SMARTS) is 2. The predicted octanol–water partition coefficient (Wildman–Crippen LogP) is -0.365. The fraction of sp³-hybridized carbons (Fsp3) is 0.600. The maximum absolute atomic E-state index is 12.1. The first-order valence-electron chi connectivity index (χ1n) is 5.27. The normalized spacial score (nSPS) is 15.1. The minimum absolute atomic E-state index is 0.0247. The maximum atomic E-state index is 12.1. The van der Waals surface area contributed by atoms with Crippen LogP contribution in [0.15, 0.2) is 0 Å². The number of carboxylic acids is 1. The number of rotatable bonds is 6. The zero-order valence-electron chi connectivity index (χ0n) is 10.5. The smallest absolute Gasteiger partial charge is 0.413 e. The van der Waals surface area contributed by atoms with Gasteiger partial charge in [-0.2, -0.15) is 12.6 Å². The van der Waals surface area contributed by atoms with Crippen LogP contribution in [0.2, 0.25) is 0 Å². The van der Waals surface area contributed by atoms with Gasteiger partial charge in [-0.1, -0.05) is 6.92 Å². The van der Waals surface area contributed by atoms with E-state index in [0.717, 1.165) is 7.05 Å². The molecule has 0 aromatic carbocycles. The SMILES string of the molecule is CC(C(N)=O)C(CCS)(C(=O)O)C(=O)N(C)C(=O)O. The minimum atomic E-state index is -2.24. The largest absolute Gasteiger partial charge is 0.480 e. The molecule has 19 heavy (non-hydrogen) atoms. The third kappa shape index (κ3) is 3.16. The molecule has 0 saturated heterocycles. The van der Waals surface area contributed by atoms with Crippen LogP contribution in [0.1, 0.15) is 13.3 Å². The van der Waals surface area contributed by atoms with Crippen LogP contribution in [-0.4, -0.2) is 51.8 Å². The van der Waals surface area contributed by atoms with Gasteiger partial charge in [0.2, 0.25) is 11.8 Å². The predicted molar refractivity (Wildman–Crippen MR) is 67.7 cm³/mol. The Labute approximate surface area is 115 Å². The molecule has 0 aliphatic rings. The van der Waals surface area contributed by atoms with Crippen molar-refractivity contribution < 1.29 is 29.4 Å². The second-order valence-electron chi connectivity index (χ2n) is 4.02. The van der Waals surface area contributed by atoms with Gasteiger partial charge in [-0.3, -0.25) is 14.4 Å². The standard InChI is InChI=1S/C10H16N2O6S/c1-5(6(11)13)10(3-4-19,8(15)16)7(14)12(2)9(17)18/h5,19H,3-4H2,1-2H3,(H2,11,13)(H,15,16)(H,17,18). The third-order valence-corrected chi connectivity index (χ3v) is 3.25. The fourth-order valence-corrected chi connectivity index (χ4v) is 2.05. The highest BCUT2D eigenvalue weighted by Crippen LogP contribution is 2.35. The van der Waals surface area contributed by atoms with Crippen molar-refractivity contribution in [3.63, 3.8) is 0 Å². The molecule has 2 atom stereocenters. The maximum Gasteiger partial charge on any atom is 0.413 e. The van der Waals surface area contributed by atoms with Crippen molar-refractivity contribution in [3.8, 4) is 0 Å². The van der Waals surface area contributed by atoms with E-state index in [1.165, 1.54) is 6.92 Å². The highest BCUT2D eigenvalue weighted by atomic mass is 32.1. The van der Waals surface area contributed by atoms with Crippen molar-refractivity contribution in [2.24, 2.45) is 17.1 Å². The molecule has 0 spiro atoms. The Balaban J connectivity index is 5.86. The van der Waals surface area contributed by atoms with E-state index in [-0.39, 0.29) is 17.1 Å². The number of carbonyl (C=O) groups is 4. The van der Waals surface area contributed by atoms with Gasteiger partial charge < -0.3 is 15.9 Å². The molecule has 3 amide bonds. The Morgan fingerprint density at radius 2 is 1.79 bits per heavy atom. The van der Waals surface area contributed by atoms with Crippen molar-refractivity contribution in [2.45, 2.75) is 13.3 Å². The van der Waals surface area contributed by atoms with Crippen LogP contribution in [0, 0.1) is 11.3 Å². The first-order valence-corrected chi connectivity index (χ1v) is 5.90. The van der Waals surface area contributed by atoms with E-state index < -0.39 is 35.2 Å². The Morgan fingerprint density at radius 1 is 1.32 bits per heavy atom. The lowest BCUT2D eigenvalue weighted by Gasteiger charge is -2.33. The zero-order chi connectivity index (χ0) is 15.4. The van der Waals surface area contributed by atoms with Gasteiger partial charge in [-0.25, -0.2) is 9.69 Å². The Hall–Kier alpha value is -1.77. The molecule has 0 saturated carbocycles. The van der Waals surface area contributed by atoms with Crippen LogP contribution in [0.25, 0.3) is 0 Å². The summed E-state index contributed by atoms with van der Waals surface area (Å²) in [7, 11) is 0.911. The van der Waals surface area contributed by atoms with Crippen molar-refractivity contribution in [1.82, 2.24) is 4.90 Å². The molecule has 8 nitrogen and oxygen atoms in total. The number of hydrogen-bond acceptors (Lipinski definition) is 5. The molecule has 0 aliphatic carbocycles. The molecule has 0 radical (unpaired) electrons. The molecule has 0 heterocycles. The van der Waals surface area contributed by atoms with E-state index in [4.69, 9.17) is 10.8 Å². The Bertz CT molecular complexity index is 413. The summed E-state index contributed by atoms with van der Waals surface area (Å²) in [5, 5.41) is 18.1. The molecule has 4 N–H and O–H groups in total. The van der Waals surface area contributed by atoms with Crippen LogP contribution in [0.3, 0.4) is 0 Å². The summed E-state index contributed by atoms with van der Waals surface area (Å²) in [6, 6.07) is 0. The van der Waals surface area contributed by atoms with Crippen molar-refractivity contribution >= 4 is 36.5 Å². The van der Waals surface area contributed by atoms with Crippen molar-refractivity contribution in [2.75, 3.05) is 12.8 Å². The fourth-order valence-electron chi connectivity index (χ4n) is 1.70.